The number of halogens is 2. The fourth-order valence-electron chi connectivity index (χ4n) is 0.598. The lowest BCUT2D eigenvalue weighted by Gasteiger charge is -1.97. The van der Waals surface area contributed by atoms with Crippen LogP contribution in [0, 0.1) is 6.92 Å². The van der Waals surface area contributed by atoms with Crippen molar-refractivity contribution in [3.63, 3.8) is 0 Å². The molecule has 1 radical (unpaired) electrons. The molecule has 0 bridgehead atoms. The van der Waals surface area contributed by atoms with Gasteiger partial charge in [-0.05, 0) is 40.9 Å². The molecule has 0 aliphatic rings. The van der Waals surface area contributed by atoms with Gasteiger partial charge in [-0.2, -0.15) is 0 Å². The molecule has 3 heteroatoms. The Balaban J connectivity index is 3.04. The summed E-state index contributed by atoms with van der Waals surface area (Å²) in [5.41, 5.74) is 1.08. The van der Waals surface area contributed by atoms with Crippen LogP contribution in [-0.2, 0) is 6.42 Å². The summed E-state index contributed by atoms with van der Waals surface area (Å²) in [6.45, 7) is 3.72. The SMILES string of the molecule is [CH2]Cc1cnc(Cl)c(Br)c1. The van der Waals surface area contributed by atoms with E-state index in [0.29, 0.717) is 5.15 Å². The van der Waals surface area contributed by atoms with Gasteiger partial charge in [0.1, 0.15) is 5.15 Å². The first-order valence-electron chi connectivity index (χ1n) is 2.83. The van der Waals surface area contributed by atoms with Gasteiger partial charge in [0, 0.05) is 6.20 Å². The summed E-state index contributed by atoms with van der Waals surface area (Å²) in [5, 5.41) is 0.497. The Bertz CT molecular complexity index is 237. The molecule has 0 aliphatic heterocycles. The van der Waals surface area contributed by atoms with Gasteiger partial charge in [-0.15, -0.1) is 0 Å². The second kappa shape index (κ2) is 3.35. The highest BCUT2D eigenvalue weighted by atomic mass is 79.9. The van der Waals surface area contributed by atoms with Crippen LogP contribution in [0.1, 0.15) is 5.56 Å². The van der Waals surface area contributed by atoms with Crippen LogP contribution >= 0.6 is 27.5 Å². The van der Waals surface area contributed by atoms with Gasteiger partial charge < -0.3 is 0 Å². The van der Waals surface area contributed by atoms with Crippen molar-refractivity contribution >= 4 is 27.5 Å². The topological polar surface area (TPSA) is 12.9 Å². The highest BCUT2D eigenvalue weighted by Crippen LogP contribution is 2.20. The van der Waals surface area contributed by atoms with Gasteiger partial charge in [0.05, 0.1) is 4.47 Å². The molecule has 0 aromatic carbocycles. The van der Waals surface area contributed by atoms with E-state index >= 15 is 0 Å². The molecule has 0 amide bonds. The van der Waals surface area contributed by atoms with Crippen LogP contribution in [0.2, 0.25) is 5.15 Å². The van der Waals surface area contributed by atoms with Gasteiger partial charge in [-0.25, -0.2) is 4.98 Å². The molecule has 0 atom stereocenters. The Labute approximate surface area is 73.6 Å². The fourth-order valence-corrected chi connectivity index (χ4v) is 1.10. The van der Waals surface area contributed by atoms with Crippen molar-refractivity contribution in [3.8, 4) is 0 Å². The van der Waals surface area contributed by atoms with E-state index in [1.165, 1.54) is 0 Å². The molecule has 1 heterocycles. The van der Waals surface area contributed by atoms with E-state index in [4.69, 9.17) is 11.6 Å². The minimum atomic E-state index is 0.497. The minimum absolute atomic E-state index is 0.497. The Morgan fingerprint density at radius 1 is 1.70 bits per heavy atom. The molecular formula is C7H6BrClN. The summed E-state index contributed by atoms with van der Waals surface area (Å²) >= 11 is 8.92. The zero-order valence-electron chi connectivity index (χ0n) is 5.27. The summed E-state index contributed by atoms with van der Waals surface area (Å²) in [5.74, 6) is 0. The van der Waals surface area contributed by atoms with E-state index in [9.17, 15) is 0 Å². The summed E-state index contributed by atoms with van der Waals surface area (Å²) in [7, 11) is 0. The molecule has 0 aliphatic carbocycles. The molecule has 1 aromatic heterocycles. The maximum atomic E-state index is 5.66. The smallest absolute Gasteiger partial charge is 0.143 e. The number of hydrogen-bond donors (Lipinski definition) is 0. The molecule has 0 saturated carbocycles. The lowest BCUT2D eigenvalue weighted by molar-refractivity contribution is 1.18. The Hall–Kier alpha value is -0.0800. The molecule has 0 saturated heterocycles. The van der Waals surface area contributed by atoms with E-state index in [2.05, 4.69) is 27.8 Å². The first-order valence-corrected chi connectivity index (χ1v) is 4.00. The van der Waals surface area contributed by atoms with Crippen molar-refractivity contribution < 1.29 is 0 Å². The van der Waals surface area contributed by atoms with E-state index in [0.717, 1.165) is 16.5 Å². The van der Waals surface area contributed by atoms with Gasteiger partial charge in [-0.3, -0.25) is 0 Å². The van der Waals surface area contributed by atoms with Crippen LogP contribution < -0.4 is 0 Å². The molecular weight excluding hydrogens is 213 g/mol. The minimum Gasteiger partial charge on any atom is -0.243 e. The second-order valence-corrected chi connectivity index (χ2v) is 3.08. The summed E-state index contributed by atoms with van der Waals surface area (Å²) in [6.07, 6.45) is 2.46. The Kier molecular flexibility index (Phi) is 2.69. The van der Waals surface area contributed by atoms with Gasteiger partial charge in [0.25, 0.3) is 0 Å². The van der Waals surface area contributed by atoms with Crippen molar-refractivity contribution in [1.29, 1.82) is 0 Å². The Morgan fingerprint density at radius 3 is 2.90 bits per heavy atom. The third-order valence-corrected chi connectivity index (χ3v) is 2.28. The second-order valence-electron chi connectivity index (χ2n) is 1.87. The summed E-state index contributed by atoms with van der Waals surface area (Å²) in [6, 6.07) is 1.92. The van der Waals surface area contributed by atoms with Crippen molar-refractivity contribution in [2.24, 2.45) is 0 Å². The van der Waals surface area contributed by atoms with Crippen LogP contribution in [0.15, 0.2) is 16.7 Å². The average Bonchev–Trinajstić information content (AvgIpc) is 1.95. The maximum Gasteiger partial charge on any atom is 0.143 e. The van der Waals surface area contributed by atoms with Crippen molar-refractivity contribution in [2.45, 2.75) is 6.42 Å². The number of aromatic nitrogens is 1. The van der Waals surface area contributed by atoms with Crippen molar-refractivity contribution in [2.75, 3.05) is 0 Å². The largest absolute Gasteiger partial charge is 0.243 e. The van der Waals surface area contributed by atoms with Gasteiger partial charge in [-0.1, -0.05) is 11.6 Å². The molecule has 10 heavy (non-hydrogen) atoms. The molecule has 1 nitrogen and oxygen atoms in total. The predicted octanol–water partition coefficient (Wildman–Crippen LogP) is 2.87. The quantitative estimate of drug-likeness (QED) is 0.662. The molecule has 53 valence electrons. The predicted molar refractivity (Wildman–Crippen MR) is 46.0 cm³/mol. The molecule has 0 spiro atoms. The summed E-state index contributed by atoms with van der Waals surface area (Å²) < 4.78 is 0.829. The zero-order valence-corrected chi connectivity index (χ0v) is 7.61. The fraction of sp³-hybridized carbons (Fsp3) is 0.143. The van der Waals surface area contributed by atoms with E-state index in [1.807, 2.05) is 6.07 Å². The monoisotopic (exact) mass is 218 g/mol. The van der Waals surface area contributed by atoms with Crippen LogP contribution in [-0.4, -0.2) is 4.98 Å². The van der Waals surface area contributed by atoms with E-state index in [-0.39, 0.29) is 0 Å². The highest BCUT2D eigenvalue weighted by molar-refractivity contribution is 9.10. The number of rotatable bonds is 1. The van der Waals surface area contributed by atoms with E-state index < -0.39 is 0 Å². The van der Waals surface area contributed by atoms with Crippen LogP contribution in [0.5, 0.6) is 0 Å². The molecule has 1 rings (SSSR count). The number of hydrogen-bond acceptors (Lipinski definition) is 1. The number of nitrogens with zero attached hydrogens (tertiary/aromatic N) is 1. The lowest BCUT2D eigenvalue weighted by Crippen LogP contribution is -1.83. The van der Waals surface area contributed by atoms with Crippen molar-refractivity contribution in [1.82, 2.24) is 4.98 Å². The third-order valence-electron chi connectivity index (χ3n) is 1.14. The van der Waals surface area contributed by atoms with Crippen LogP contribution in [0.25, 0.3) is 0 Å². The average molecular weight is 219 g/mol. The van der Waals surface area contributed by atoms with Gasteiger partial charge >= 0.3 is 0 Å². The molecule has 0 fully saturated rings. The molecule has 1 aromatic rings. The van der Waals surface area contributed by atoms with Crippen molar-refractivity contribution in [3.05, 3.63) is 34.4 Å². The highest BCUT2D eigenvalue weighted by Gasteiger charge is 1.97. The Morgan fingerprint density at radius 2 is 2.40 bits per heavy atom. The molecule has 0 unspecified atom stereocenters. The lowest BCUT2D eigenvalue weighted by atomic mass is 10.2. The van der Waals surface area contributed by atoms with Gasteiger partial charge in [0.15, 0.2) is 0 Å². The number of pyridine rings is 1. The van der Waals surface area contributed by atoms with Crippen LogP contribution in [0.3, 0.4) is 0 Å². The first kappa shape index (κ1) is 8.02. The normalized spacial score (nSPS) is 9.90. The maximum absolute atomic E-state index is 5.66. The van der Waals surface area contributed by atoms with Crippen LogP contribution in [0.4, 0.5) is 0 Å². The zero-order chi connectivity index (χ0) is 7.56. The third kappa shape index (κ3) is 1.70. The standard InChI is InChI=1S/C7H6BrClN/c1-2-5-3-6(8)7(9)10-4-5/h3-4H,1-2H2. The molecule has 0 N–H and O–H groups in total. The first-order chi connectivity index (χ1) is 4.74. The van der Waals surface area contributed by atoms with E-state index in [1.54, 1.807) is 6.20 Å². The van der Waals surface area contributed by atoms with Gasteiger partial charge in [0.2, 0.25) is 0 Å². The summed E-state index contributed by atoms with van der Waals surface area (Å²) in [4.78, 5) is 3.93.